The van der Waals surface area contributed by atoms with Crippen molar-refractivity contribution < 1.29 is 9.59 Å². The maximum absolute atomic E-state index is 12.0. The predicted octanol–water partition coefficient (Wildman–Crippen LogP) is 1.47. The highest BCUT2D eigenvalue weighted by Gasteiger charge is 2.20. The van der Waals surface area contributed by atoms with Crippen molar-refractivity contribution >= 4 is 17.5 Å². The van der Waals surface area contributed by atoms with Gasteiger partial charge in [0.05, 0.1) is 6.04 Å². The minimum atomic E-state index is -0.105. The zero-order valence-corrected chi connectivity index (χ0v) is 12.0. The number of nitrogens with zero attached hydrogens (tertiary/aromatic N) is 1. The van der Waals surface area contributed by atoms with Crippen molar-refractivity contribution in [1.82, 2.24) is 10.2 Å². The van der Waals surface area contributed by atoms with Gasteiger partial charge in [0, 0.05) is 25.3 Å². The van der Waals surface area contributed by atoms with Crippen molar-refractivity contribution in [2.75, 3.05) is 26.0 Å². The monoisotopic (exact) mass is 275 g/mol. The van der Waals surface area contributed by atoms with Gasteiger partial charge in [0.2, 0.25) is 5.91 Å². The third-order valence-corrected chi connectivity index (χ3v) is 3.43. The molecule has 0 radical (unpaired) electrons. The number of hydrogen-bond acceptors (Lipinski definition) is 3. The second-order valence-electron chi connectivity index (χ2n) is 5.27. The Morgan fingerprint density at radius 3 is 2.45 bits per heavy atom. The molecule has 0 unspecified atom stereocenters. The molecule has 1 atom stereocenters. The van der Waals surface area contributed by atoms with Crippen LogP contribution in [0.5, 0.6) is 0 Å². The van der Waals surface area contributed by atoms with E-state index in [1.54, 1.807) is 38.4 Å². The van der Waals surface area contributed by atoms with E-state index in [-0.39, 0.29) is 17.9 Å². The molecule has 2 rings (SSSR count). The summed E-state index contributed by atoms with van der Waals surface area (Å²) in [5.41, 5.74) is 1.33. The molecule has 2 N–H and O–H groups in total. The highest BCUT2D eigenvalue weighted by atomic mass is 16.2. The van der Waals surface area contributed by atoms with Gasteiger partial charge in [-0.05, 0) is 43.7 Å². The fourth-order valence-electron chi connectivity index (χ4n) is 2.26. The molecule has 0 saturated carbocycles. The molecule has 1 aromatic carbocycles. The number of piperidine rings is 1. The summed E-state index contributed by atoms with van der Waals surface area (Å²) >= 11 is 0. The molecule has 0 aromatic heterocycles. The number of amides is 2. The fourth-order valence-corrected chi connectivity index (χ4v) is 2.26. The van der Waals surface area contributed by atoms with Crippen molar-refractivity contribution in [3.05, 3.63) is 29.8 Å². The zero-order valence-electron chi connectivity index (χ0n) is 12.0. The average molecular weight is 275 g/mol. The normalized spacial score (nSPS) is 18.4. The van der Waals surface area contributed by atoms with Crippen molar-refractivity contribution in [3.8, 4) is 0 Å². The summed E-state index contributed by atoms with van der Waals surface area (Å²) in [4.78, 5) is 25.3. The maximum Gasteiger partial charge on any atom is 0.253 e. The minimum Gasteiger partial charge on any atom is -0.345 e. The SMILES string of the molecule is CN(C)C(=O)c1ccc(NC(=O)[C@@H]2CCCCN2)cc1. The lowest BCUT2D eigenvalue weighted by molar-refractivity contribution is -0.118. The number of hydrogen-bond donors (Lipinski definition) is 2. The number of anilines is 1. The van der Waals surface area contributed by atoms with E-state index >= 15 is 0 Å². The fraction of sp³-hybridized carbons (Fsp3) is 0.467. The van der Waals surface area contributed by atoms with E-state index in [2.05, 4.69) is 10.6 Å². The molecule has 1 saturated heterocycles. The summed E-state index contributed by atoms with van der Waals surface area (Å²) in [5, 5.41) is 6.09. The van der Waals surface area contributed by atoms with Crippen LogP contribution in [0.25, 0.3) is 0 Å². The molecule has 1 fully saturated rings. The molecular weight excluding hydrogens is 254 g/mol. The molecule has 2 amide bonds. The van der Waals surface area contributed by atoms with Gasteiger partial charge in [0.25, 0.3) is 5.91 Å². The van der Waals surface area contributed by atoms with E-state index in [1.165, 1.54) is 4.90 Å². The van der Waals surface area contributed by atoms with Crippen LogP contribution in [0.4, 0.5) is 5.69 Å². The summed E-state index contributed by atoms with van der Waals surface area (Å²) in [6, 6.07) is 6.87. The Bertz CT molecular complexity index is 476. The van der Waals surface area contributed by atoms with Gasteiger partial charge in [-0.1, -0.05) is 6.42 Å². The lowest BCUT2D eigenvalue weighted by Gasteiger charge is -2.22. The first kappa shape index (κ1) is 14.5. The van der Waals surface area contributed by atoms with E-state index in [0.717, 1.165) is 31.5 Å². The summed E-state index contributed by atoms with van der Waals surface area (Å²) < 4.78 is 0. The largest absolute Gasteiger partial charge is 0.345 e. The number of nitrogens with one attached hydrogen (secondary N) is 2. The lowest BCUT2D eigenvalue weighted by Crippen LogP contribution is -2.43. The Morgan fingerprint density at radius 2 is 1.90 bits per heavy atom. The average Bonchev–Trinajstić information content (AvgIpc) is 2.48. The van der Waals surface area contributed by atoms with Gasteiger partial charge in [-0.2, -0.15) is 0 Å². The summed E-state index contributed by atoms with van der Waals surface area (Å²) in [5.74, 6) is -0.0480. The first-order valence-electron chi connectivity index (χ1n) is 6.94. The number of carbonyl (C=O) groups excluding carboxylic acids is 2. The lowest BCUT2D eigenvalue weighted by atomic mass is 10.0. The highest BCUT2D eigenvalue weighted by molar-refractivity contribution is 5.97. The smallest absolute Gasteiger partial charge is 0.253 e. The molecule has 0 spiro atoms. The molecular formula is C15H21N3O2. The maximum atomic E-state index is 12.0. The number of rotatable bonds is 3. The minimum absolute atomic E-state index is 0.00335. The van der Waals surface area contributed by atoms with Crippen LogP contribution < -0.4 is 10.6 Å². The van der Waals surface area contributed by atoms with Crippen molar-refractivity contribution in [1.29, 1.82) is 0 Å². The van der Waals surface area contributed by atoms with Gasteiger partial charge in [0.1, 0.15) is 0 Å². The Balaban J connectivity index is 1.96. The van der Waals surface area contributed by atoms with E-state index in [1.807, 2.05) is 0 Å². The number of carbonyl (C=O) groups is 2. The molecule has 1 aliphatic rings. The standard InChI is InChI=1S/C15H21N3O2/c1-18(2)15(20)11-6-8-12(9-7-11)17-14(19)13-5-3-4-10-16-13/h6-9,13,16H,3-5,10H2,1-2H3,(H,17,19)/t13-/m0/s1. The van der Waals surface area contributed by atoms with Crippen molar-refractivity contribution in [2.24, 2.45) is 0 Å². The molecule has 5 nitrogen and oxygen atoms in total. The predicted molar refractivity (Wildman–Crippen MR) is 78.7 cm³/mol. The van der Waals surface area contributed by atoms with Crippen LogP contribution in [-0.4, -0.2) is 43.4 Å². The van der Waals surface area contributed by atoms with Gasteiger partial charge < -0.3 is 15.5 Å². The van der Waals surface area contributed by atoms with Crippen LogP contribution in [-0.2, 0) is 4.79 Å². The first-order chi connectivity index (χ1) is 9.58. The Hall–Kier alpha value is -1.88. The Kier molecular flexibility index (Phi) is 4.74. The van der Waals surface area contributed by atoms with Crippen LogP contribution in [0.15, 0.2) is 24.3 Å². The topological polar surface area (TPSA) is 61.4 Å². The van der Waals surface area contributed by atoms with E-state index < -0.39 is 0 Å². The molecule has 1 heterocycles. The third kappa shape index (κ3) is 3.57. The van der Waals surface area contributed by atoms with Crippen LogP contribution in [0.2, 0.25) is 0 Å². The summed E-state index contributed by atoms with van der Waals surface area (Å²) in [7, 11) is 3.43. The molecule has 20 heavy (non-hydrogen) atoms. The van der Waals surface area contributed by atoms with Gasteiger partial charge in [-0.15, -0.1) is 0 Å². The quantitative estimate of drug-likeness (QED) is 0.878. The first-order valence-corrected chi connectivity index (χ1v) is 6.94. The second-order valence-corrected chi connectivity index (χ2v) is 5.27. The van der Waals surface area contributed by atoms with E-state index in [4.69, 9.17) is 0 Å². The van der Waals surface area contributed by atoms with Gasteiger partial charge >= 0.3 is 0 Å². The molecule has 5 heteroatoms. The molecule has 1 aromatic rings. The Morgan fingerprint density at radius 1 is 1.20 bits per heavy atom. The molecule has 0 aliphatic carbocycles. The van der Waals surface area contributed by atoms with Crippen molar-refractivity contribution in [2.45, 2.75) is 25.3 Å². The third-order valence-electron chi connectivity index (χ3n) is 3.43. The van der Waals surface area contributed by atoms with Gasteiger partial charge in [-0.3, -0.25) is 9.59 Å². The van der Waals surface area contributed by atoms with Crippen molar-refractivity contribution in [3.63, 3.8) is 0 Å². The molecule has 108 valence electrons. The Labute approximate surface area is 119 Å². The zero-order chi connectivity index (χ0) is 14.5. The summed E-state index contributed by atoms with van der Waals surface area (Å²) in [6.45, 7) is 0.897. The second kappa shape index (κ2) is 6.52. The van der Waals surface area contributed by atoms with Crippen LogP contribution in [0.3, 0.4) is 0 Å². The van der Waals surface area contributed by atoms with Crippen LogP contribution in [0.1, 0.15) is 29.6 Å². The van der Waals surface area contributed by atoms with E-state index in [9.17, 15) is 9.59 Å². The van der Waals surface area contributed by atoms with Gasteiger partial charge in [0.15, 0.2) is 0 Å². The summed E-state index contributed by atoms with van der Waals surface area (Å²) in [6.07, 6.45) is 3.09. The van der Waals surface area contributed by atoms with E-state index in [0.29, 0.717) is 5.56 Å². The molecule has 0 bridgehead atoms. The highest BCUT2D eigenvalue weighted by Crippen LogP contribution is 2.13. The van der Waals surface area contributed by atoms with Gasteiger partial charge in [-0.25, -0.2) is 0 Å². The van der Waals surface area contributed by atoms with Crippen LogP contribution >= 0.6 is 0 Å². The molecule has 1 aliphatic heterocycles. The van der Waals surface area contributed by atoms with Crippen LogP contribution in [0, 0.1) is 0 Å². The number of benzene rings is 1.